The molecule has 0 atom stereocenters. The largest absolute Gasteiger partial charge is 0.290 e. The van der Waals surface area contributed by atoms with Gasteiger partial charge in [-0.2, -0.15) is 0 Å². The van der Waals surface area contributed by atoms with Crippen molar-refractivity contribution in [2.75, 3.05) is 7.05 Å². The molecule has 0 amide bonds. The molecule has 0 aromatic heterocycles. The van der Waals surface area contributed by atoms with E-state index in [9.17, 15) is 4.79 Å². The molecule has 0 saturated heterocycles. The number of hydrogen-bond donors (Lipinski definition) is 0. The molecule has 11 heavy (non-hydrogen) atoms. The maximum atomic E-state index is 10.2. The molecule has 0 heterocycles. The minimum atomic E-state index is 0.158. The second-order valence-corrected chi connectivity index (χ2v) is 3.85. The zero-order valence-corrected chi connectivity index (χ0v) is 8.57. The number of hydrogen-bond acceptors (Lipinski definition) is 3. The monoisotopic (exact) mass is 175 g/mol. The van der Waals surface area contributed by atoms with Crippen LogP contribution in [0.1, 0.15) is 33.6 Å². The van der Waals surface area contributed by atoms with Crippen LogP contribution in [0.4, 0.5) is 0 Å². The minimum Gasteiger partial charge on any atom is -0.290 e. The fourth-order valence-corrected chi connectivity index (χ4v) is 1.53. The second-order valence-electron chi connectivity index (χ2n) is 2.90. The molecule has 2 nitrogen and oxygen atoms in total. The van der Waals surface area contributed by atoms with Crippen LogP contribution in [-0.4, -0.2) is 22.5 Å². The Balaban J connectivity index is 4.10. The number of carbonyl (C=O) groups is 1. The van der Waals surface area contributed by atoms with Crippen molar-refractivity contribution < 1.29 is 4.79 Å². The van der Waals surface area contributed by atoms with Gasteiger partial charge in [0.25, 0.3) is 0 Å². The summed E-state index contributed by atoms with van der Waals surface area (Å²) in [5.41, 5.74) is 1.04. The van der Waals surface area contributed by atoms with Gasteiger partial charge in [0.05, 0.1) is 0 Å². The lowest BCUT2D eigenvalue weighted by Gasteiger charge is -2.34. The molecule has 3 heteroatoms. The first kappa shape index (κ1) is 11.0. The van der Waals surface area contributed by atoms with Crippen LogP contribution in [0, 0.1) is 0 Å². The molecule has 0 aliphatic carbocycles. The maximum Gasteiger partial charge on any atom is 0.191 e. The Kier molecular flexibility index (Phi) is 4.77. The van der Waals surface area contributed by atoms with Gasteiger partial charge in [0, 0.05) is 5.54 Å². The van der Waals surface area contributed by atoms with Crippen molar-refractivity contribution >= 4 is 17.6 Å². The van der Waals surface area contributed by atoms with Crippen molar-refractivity contribution in [3.8, 4) is 0 Å². The zero-order valence-electron chi connectivity index (χ0n) is 7.76. The van der Waals surface area contributed by atoms with Crippen molar-refractivity contribution in [3.63, 3.8) is 0 Å². The topological polar surface area (TPSA) is 20.3 Å². The van der Waals surface area contributed by atoms with E-state index in [0.717, 1.165) is 18.5 Å². The summed E-state index contributed by atoms with van der Waals surface area (Å²) >= 11 is 1.24. The first-order valence-corrected chi connectivity index (χ1v) is 4.78. The van der Waals surface area contributed by atoms with Gasteiger partial charge in [-0.15, -0.1) is 0 Å². The van der Waals surface area contributed by atoms with Gasteiger partial charge in [0.15, 0.2) is 5.62 Å². The highest BCUT2D eigenvalue weighted by atomic mass is 32.2. The Labute approximate surface area is 73.5 Å². The highest BCUT2D eigenvalue weighted by molar-refractivity contribution is 8.09. The van der Waals surface area contributed by atoms with Crippen molar-refractivity contribution in [2.45, 2.75) is 39.2 Å². The molecule has 0 aliphatic rings. The van der Waals surface area contributed by atoms with Gasteiger partial charge in [0.2, 0.25) is 0 Å². The van der Waals surface area contributed by atoms with E-state index in [0.29, 0.717) is 0 Å². The predicted molar refractivity (Wildman–Crippen MR) is 51.1 cm³/mol. The molecule has 0 rings (SSSR count). The number of nitrogens with zero attached hydrogens (tertiary/aromatic N) is 1. The molecule has 0 aromatic rings. The summed E-state index contributed by atoms with van der Waals surface area (Å²) < 4.78 is 2.03. The highest BCUT2D eigenvalue weighted by Crippen LogP contribution is 2.26. The van der Waals surface area contributed by atoms with Gasteiger partial charge in [-0.3, -0.25) is 4.79 Å². The van der Waals surface area contributed by atoms with E-state index in [4.69, 9.17) is 0 Å². The molecule has 0 radical (unpaired) electrons. The molecule has 0 aromatic carbocycles. The van der Waals surface area contributed by atoms with Crippen LogP contribution in [0.2, 0.25) is 0 Å². The van der Waals surface area contributed by atoms with E-state index in [1.807, 2.05) is 11.4 Å². The standard InChI is InChI=1S/C8H17NOS/c1-5-8(3,6-2)9(4)11-7-10/h7H,5-6H2,1-4H3. The van der Waals surface area contributed by atoms with Crippen LogP contribution in [0.5, 0.6) is 0 Å². The summed E-state index contributed by atoms with van der Waals surface area (Å²) in [6, 6.07) is 0. The Bertz CT molecular complexity index is 123. The lowest BCUT2D eigenvalue weighted by molar-refractivity contribution is 0.244. The van der Waals surface area contributed by atoms with Crippen LogP contribution >= 0.6 is 11.9 Å². The summed E-state index contributed by atoms with van der Waals surface area (Å²) in [7, 11) is 1.96. The van der Waals surface area contributed by atoms with E-state index in [1.165, 1.54) is 11.9 Å². The summed E-state index contributed by atoms with van der Waals surface area (Å²) in [4.78, 5) is 10.2. The van der Waals surface area contributed by atoms with E-state index in [1.54, 1.807) is 0 Å². The first-order valence-electron chi connectivity index (χ1n) is 3.95. The summed E-state index contributed by atoms with van der Waals surface area (Å²) in [5, 5.41) is 0. The third kappa shape index (κ3) is 2.83. The van der Waals surface area contributed by atoms with Crippen molar-refractivity contribution in [1.29, 1.82) is 0 Å². The predicted octanol–water partition coefficient (Wildman–Crippen LogP) is 2.34. The van der Waals surface area contributed by atoms with Crippen LogP contribution in [0.15, 0.2) is 0 Å². The van der Waals surface area contributed by atoms with Crippen LogP contribution in [0.25, 0.3) is 0 Å². The van der Waals surface area contributed by atoms with Gasteiger partial charge in [-0.1, -0.05) is 13.8 Å². The fraction of sp³-hybridized carbons (Fsp3) is 0.875. The third-order valence-corrected chi connectivity index (χ3v) is 3.33. The second kappa shape index (κ2) is 4.78. The normalized spacial score (nSPS) is 12.1. The van der Waals surface area contributed by atoms with Crippen LogP contribution in [0.3, 0.4) is 0 Å². The zero-order chi connectivity index (χ0) is 8.91. The number of carbonyl (C=O) groups excluding carboxylic acids is 1. The molecular weight excluding hydrogens is 158 g/mol. The smallest absolute Gasteiger partial charge is 0.191 e. The van der Waals surface area contributed by atoms with Gasteiger partial charge in [-0.25, -0.2) is 4.31 Å². The SMILES string of the molecule is CCC(C)(CC)N(C)SC=O. The maximum absolute atomic E-state index is 10.2. The van der Waals surface area contributed by atoms with Crippen molar-refractivity contribution in [3.05, 3.63) is 0 Å². The van der Waals surface area contributed by atoms with Gasteiger partial charge in [-0.05, 0) is 38.8 Å². The minimum absolute atomic E-state index is 0.158. The molecule has 0 saturated carbocycles. The van der Waals surface area contributed by atoms with E-state index in [-0.39, 0.29) is 5.54 Å². The van der Waals surface area contributed by atoms with Gasteiger partial charge in [0.1, 0.15) is 0 Å². The molecular formula is C8H17NOS. The summed E-state index contributed by atoms with van der Waals surface area (Å²) in [6.45, 7) is 6.46. The Morgan fingerprint density at radius 1 is 1.45 bits per heavy atom. The van der Waals surface area contributed by atoms with E-state index >= 15 is 0 Å². The summed E-state index contributed by atoms with van der Waals surface area (Å²) in [6.07, 6.45) is 2.14. The highest BCUT2D eigenvalue weighted by Gasteiger charge is 2.25. The fourth-order valence-electron chi connectivity index (χ4n) is 0.887. The Morgan fingerprint density at radius 3 is 2.18 bits per heavy atom. The summed E-state index contributed by atoms with van der Waals surface area (Å²) in [5.74, 6) is 0. The molecule has 0 unspecified atom stereocenters. The molecule has 0 bridgehead atoms. The van der Waals surface area contributed by atoms with Gasteiger partial charge < -0.3 is 0 Å². The lowest BCUT2D eigenvalue weighted by Crippen LogP contribution is -2.38. The number of rotatable bonds is 5. The molecule has 0 spiro atoms. The van der Waals surface area contributed by atoms with E-state index in [2.05, 4.69) is 20.8 Å². The average molecular weight is 175 g/mol. The molecule has 0 aliphatic heterocycles. The van der Waals surface area contributed by atoms with Crippen molar-refractivity contribution in [1.82, 2.24) is 4.31 Å². The third-order valence-electron chi connectivity index (χ3n) is 2.48. The molecule has 0 N–H and O–H groups in total. The molecule has 66 valence electrons. The lowest BCUT2D eigenvalue weighted by atomic mass is 9.96. The molecule has 0 fully saturated rings. The Hall–Kier alpha value is -0.0200. The first-order chi connectivity index (χ1) is 5.10. The van der Waals surface area contributed by atoms with Crippen LogP contribution < -0.4 is 0 Å². The van der Waals surface area contributed by atoms with Crippen LogP contribution in [-0.2, 0) is 4.79 Å². The average Bonchev–Trinajstić information content (AvgIpc) is 2.03. The van der Waals surface area contributed by atoms with Gasteiger partial charge >= 0.3 is 0 Å². The Morgan fingerprint density at radius 2 is 1.91 bits per heavy atom. The van der Waals surface area contributed by atoms with E-state index < -0.39 is 0 Å². The quantitative estimate of drug-likeness (QED) is 0.472. The van der Waals surface area contributed by atoms with Crippen molar-refractivity contribution in [2.24, 2.45) is 0 Å².